The van der Waals surface area contributed by atoms with Crippen molar-refractivity contribution in [3.05, 3.63) is 65.7 Å². The first-order valence-corrected chi connectivity index (χ1v) is 9.37. The van der Waals surface area contributed by atoms with Gasteiger partial charge in [0.25, 0.3) is 0 Å². The minimum Gasteiger partial charge on any atom is -0.372 e. The van der Waals surface area contributed by atoms with Gasteiger partial charge in [-0.15, -0.1) is 0 Å². The molecule has 24 heavy (non-hydrogen) atoms. The molecule has 2 rings (SSSR count). The van der Waals surface area contributed by atoms with Crippen molar-refractivity contribution in [2.45, 2.75) is 46.7 Å². The lowest BCUT2D eigenvalue weighted by Crippen LogP contribution is -2.24. The Morgan fingerprint density at radius 2 is 1.29 bits per heavy atom. The maximum Gasteiger partial charge on any atom is 0.0366 e. The van der Waals surface area contributed by atoms with Crippen LogP contribution in [-0.4, -0.2) is 24.5 Å². The number of unbranched alkanes of at least 4 members (excludes halogenated alkanes) is 1. The van der Waals surface area contributed by atoms with Crippen LogP contribution in [0.15, 0.2) is 54.6 Å². The number of hydrogen-bond donors (Lipinski definition) is 0. The largest absolute Gasteiger partial charge is 0.372 e. The van der Waals surface area contributed by atoms with Crippen molar-refractivity contribution in [2.24, 2.45) is 0 Å². The molecule has 2 aromatic rings. The Morgan fingerprint density at radius 3 is 1.83 bits per heavy atom. The van der Waals surface area contributed by atoms with Gasteiger partial charge in [-0.1, -0.05) is 55.8 Å². The summed E-state index contributed by atoms with van der Waals surface area (Å²) in [4.78, 5) is 4.95. The van der Waals surface area contributed by atoms with E-state index in [4.69, 9.17) is 0 Å². The summed E-state index contributed by atoms with van der Waals surface area (Å²) in [6, 6.07) is 19.9. The second-order valence-corrected chi connectivity index (χ2v) is 6.39. The summed E-state index contributed by atoms with van der Waals surface area (Å²) < 4.78 is 0. The SMILES string of the molecule is CCCCN(Cc1ccccc1)Cc1ccc(N(CC)CC)cc1. The fourth-order valence-corrected chi connectivity index (χ4v) is 3.10. The molecule has 130 valence electrons. The highest BCUT2D eigenvalue weighted by molar-refractivity contribution is 5.47. The Morgan fingerprint density at radius 1 is 0.708 bits per heavy atom. The number of rotatable bonds is 10. The van der Waals surface area contributed by atoms with Crippen LogP contribution in [0.25, 0.3) is 0 Å². The van der Waals surface area contributed by atoms with E-state index in [0.717, 1.165) is 32.7 Å². The van der Waals surface area contributed by atoms with E-state index in [1.54, 1.807) is 0 Å². The average molecular weight is 325 g/mol. The second-order valence-electron chi connectivity index (χ2n) is 6.39. The van der Waals surface area contributed by atoms with Gasteiger partial charge in [0.1, 0.15) is 0 Å². The normalized spacial score (nSPS) is 11.0. The maximum atomic E-state index is 2.56. The fourth-order valence-electron chi connectivity index (χ4n) is 3.10. The first-order valence-electron chi connectivity index (χ1n) is 9.37. The van der Waals surface area contributed by atoms with Crippen molar-refractivity contribution in [2.75, 3.05) is 24.5 Å². The van der Waals surface area contributed by atoms with Crippen molar-refractivity contribution in [3.8, 4) is 0 Å². The van der Waals surface area contributed by atoms with E-state index in [2.05, 4.69) is 85.2 Å². The molecule has 0 amide bonds. The molecule has 0 aliphatic heterocycles. The van der Waals surface area contributed by atoms with E-state index in [0.29, 0.717) is 0 Å². The molecule has 0 saturated heterocycles. The molecule has 0 spiro atoms. The predicted molar refractivity (Wildman–Crippen MR) is 105 cm³/mol. The van der Waals surface area contributed by atoms with E-state index < -0.39 is 0 Å². The van der Waals surface area contributed by atoms with E-state index in [1.807, 2.05) is 0 Å². The summed E-state index contributed by atoms with van der Waals surface area (Å²) in [5, 5.41) is 0. The van der Waals surface area contributed by atoms with Crippen LogP contribution >= 0.6 is 0 Å². The van der Waals surface area contributed by atoms with Crippen LogP contribution in [0.3, 0.4) is 0 Å². The van der Waals surface area contributed by atoms with Gasteiger partial charge in [0, 0.05) is 31.9 Å². The molecule has 0 fully saturated rings. The minimum atomic E-state index is 1.02. The molecule has 0 saturated carbocycles. The highest BCUT2D eigenvalue weighted by Gasteiger charge is 2.08. The minimum absolute atomic E-state index is 1.02. The van der Waals surface area contributed by atoms with Crippen LogP contribution in [0.4, 0.5) is 5.69 Å². The highest BCUT2D eigenvalue weighted by atomic mass is 15.1. The first kappa shape index (κ1) is 18.5. The van der Waals surface area contributed by atoms with Crippen LogP contribution < -0.4 is 4.90 Å². The van der Waals surface area contributed by atoms with E-state index in [9.17, 15) is 0 Å². The van der Waals surface area contributed by atoms with Crippen molar-refractivity contribution < 1.29 is 0 Å². The van der Waals surface area contributed by atoms with Gasteiger partial charge < -0.3 is 4.90 Å². The Balaban J connectivity index is 2.02. The number of benzene rings is 2. The van der Waals surface area contributed by atoms with Gasteiger partial charge in [0.05, 0.1) is 0 Å². The zero-order chi connectivity index (χ0) is 17.2. The summed E-state index contributed by atoms with van der Waals surface area (Å²) in [6.45, 7) is 12.0. The zero-order valence-electron chi connectivity index (χ0n) is 15.5. The quantitative estimate of drug-likeness (QED) is 0.582. The number of hydrogen-bond acceptors (Lipinski definition) is 2. The zero-order valence-corrected chi connectivity index (χ0v) is 15.5. The summed E-state index contributed by atoms with van der Waals surface area (Å²) in [7, 11) is 0. The molecule has 0 aromatic heterocycles. The lowest BCUT2D eigenvalue weighted by molar-refractivity contribution is 0.252. The lowest BCUT2D eigenvalue weighted by atomic mass is 10.1. The van der Waals surface area contributed by atoms with Gasteiger partial charge in [-0.25, -0.2) is 0 Å². The van der Waals surface area contributed by atoms with Gasteiger partial charge >= 0.3 is 0 Å². The first-order chi connectivity index (χ1) is 11.8. The van der Waals surface area contributed by atoms with Gasteiger partial charge in [-0.3, -0.25) is 4.90 Å². The van der Waals surface area contributed by atoms with Crippen LogP contribution in [-0.2, 0) is 13.1 Å². The standard InChI is InChI=1S/C22H32N2/c1-4-7-17-23(18-20-11-9-8-10-12-20)19-21-13-15-22(16-14-21)24(5-2)6-3/h8-16H,4-7,17-19H2,1-3H3. The number of nitrogens with zero attached hydrogens (tertiary/aromatic N) is 2. The third-order valence-corrected chi connectivity index (χ3v) is 4.55. The summed E-state index contributed by atoms with van der Waals surface area (Å²) >= 11 is 0. The molecule has 2 nitrogen and oxygen atoms in total. The van der Waals surface area contributed by atoms with Crippen molar-refractivity contribution in [1.29, 1.82) is 0 Å². The molecular weight excluding hydrogens is 292 g/mol. The Bertz CT molecular complexity index is 558. The van der Waals surface area contributed by atoms with Crippen LogP contribution in [0, 0.1) is 0 Å². The Labute approximate surface area is 148 Å². The fraction of sp³-hybridized carbons (Fsp3) is 0.455. The van der Waals surface area contributed by atoms with Gasteiger partial charge in [-0.05, 0) is 50.1 Å². The third kappa shape index (κ3) is 5.68. The van der Waals surface area contributed by atoms with Gasteiger partial charge in [-0.2, -0.15) is 0 Å². The molecule has 2 aromatic carbocycles. The molecule has 0 heterocycles. The molecule has 0 N–H and O–H groups in total. The molecule has 0 aliphatic rings. The Hall–Kier alpha value is -1.80. The predicted octanol–water partition coefficient (Wildman–Crippen LogP) is 5.34. The summed E-state index contributed by atoms with van der Waals surface area (Å²) in [5.41, 5.74) is 4.12. The second kappa shape index (κ2) is 10.1. The molecule has 0 radical (unpaired) electrons. The van der Waals surface area contributed by atoms with Crippen molar-refractivity contribution >= 4 is 5.69 Å². The smallest absolute Gasteiger partial charge is 0.0366 e. The highest BCUT2D eigenvalue weighted by Crippen LogP contribution is 2.17. The van der Waals surface area contributed by atoms with Crippen LogP contribution in [0.1, 0.15) is 44.7 Å². The van der Waals surface area contributed by atoms with Crippen molar-refractivity contribution in [3.63, 3.8) is 0 Å². The van der Waals surface area contributed by atoms with E-state index in [-0.39, 0.29) is 0 Å². The maximum absolute atomic E-state index is 2.56. The topological polar surface area (TPSA) is 6.48 Å². The van der Waals surface area contributed by atoms with Crippen LogP contribution in [0.2, 0.25) is 0 Å². The van der Waals surface area contributed by atoms with Crippen LogP contribution in [0.5, 0.6) is 0 Å². The summed E-state index contributed by atoms with van der Waals surface area (Å²) in [6.07, 6.45) is 2.50. The van der Waals surface area contributed by atoms with E-state index in [1.165, 1.54) is 29.7 Å². The van der Waals surface area contributed by atoms with E-state index >= 15 is 0 Å². The number of anilines is 1. The molecule has 0 aliphatic carbocycles. The summed E-state index contributed by atoms with van der Waals surface area (Å²) in [5.74, 6) is 0. The van der Waals surface area contributed by atoms with Gasteiger partial charge in [0.15, 0.2) is 0 Å². The lowest BCUT2D eigenvalue weighted by Gasteiger charge is -2.24. The van der Waals surface area contributed by atoms with Crippen molar-refractivity contribution in [1.82, 2.24) is 4.90 Å². The average Bonchev–Trinajstić information content (AvgIpc) is 2.63. The van der Waals surface area contributed by atoms with Gasteiger partial charge in [0.2, 0.25) is 0 Å². The molecule has 0 unspecified atom stereocenters. The molecular formula is C22H32N2. The monoisotopic (exact) mass is 324 g/mol. The molecule has 0 atom stereocenters. The Kier molecular flexibility index (Phi) is 7.84. The molecule has 2 heteroatoms. The third-order valence-electron chi connectivity index (χ3n) is 4.55. The molecule has 0 bridgehead atoms.